The van der Waals surface area contributed by atoms with E-state index in [1.807, 2.05) is 24.3 Å². The lowest BCUT2D eigenvalue weighted by Gasteiger charge is -2.25. The predicted molar refractivity (Wildman–Crippen MR) is 78.0 cm³/mol. The lowest BCUT2D eigenvalue weighted by Crippen LogP contribution is -2.29. The average Bonchev–Trinajstić information content (AvgIpc) is 2.63. The quantitative estimate of drug-likeness (QED) is 0.887. The number of hydrogen-bond acceptors (Lipinski definition) is 2. The molecule has 0 spiro atoms. The first-order chi connectivity index (χ1) is 8.96. The third-order valence-electron chi connectivity index (χ3n) is 4.24. The zero-order chi connectivity index (χ0) is 13.5. The van der Waals surface area contributed by atoms with E-state index in [1.54, 1.807) is 0 Å². The van der Waals surface area contributed by atoms with E-state index in [1.165, 1.54) is 0 Å². The molecule has 0 bridgehead atoms. The van der Waals surface area contributed by atoms with Gasteiger partial charge in [0.15, 0.2) is 0 Å². The van der Waals surface area contributed by atoms with E-state index in [0.717, 1.165) is 35.9 Å². The Balaban J connectivity index is 1.85. The second-order valence-corrected chi connectivity index (χ2v) is 6.74. The molecule has 0 radical (unpaired) electrons. The Bertz CT molecular complexity index is 605. The van der Waals surface area contributed by atoms with E-state index < -0.39 is 5.60 Å². The fourth-order valence-electron chi connectivity index (χ4n) is 3.33. The Morgan fingerprint density at radius 2 is 1.89 bits per heavy atom. The first kappa shape index (κ1) is 12.6. The number of benzene rings is 1. The van der Waals surface area contributed by atoms with Crippen LogP contribution >= 0.6 is 0 Å². The molecule has 1 N–H and O–H groups in total. The van der Waals surface area contributed by atoms with Gasteiger partial charge in [-0.2, -0.15) is 0 Å². The zero-order valence-electron chi connectivity index (χ0n) is 11.7. The number of rotatable bonds is 2. The first-order valence-electron chi connectivity index (χ1n) is 7.03. The van der Waals surface area contributed by atoms with Crippen molar-refractivity contribution in [1.82, 2.24) is 4.98 Å². The third-order valence-corrected chi connectivity index (χ3v) is 4.24. The van der Waals surface area contributed by atoms with Gasteiger partial charge in [0.05, 0.1) is 11.1 Å². The minimum atomic E-state index is -0.570. The largest absolute Gasteiger partial charge is 0.389 e. The summed E-state index contributed by atoms with van der Waals surface area (Å²) < 4.78 is 0. The van der Waals surface area contributed by atoms with Gasteiger partial charge in [0.2, 0.25) is 0 Å². The topological polar surface area (TPSA) is 33.1 Å². The number of fused-ring (bicyclic) bond motifs is 1. The molecule has 1 aromatic carbocycles. The number of aromatic nitrogens is 1. The standard InChI is InChI=1S/C17H21NO/c1-16(2)9-10-17(19,12-16)11-14-8-7-13-5-3-4-6-15(13)18-14/h3-8,19H,9-12H2,1-2H3. The normalized spacial score (nSPS) is 25.8. The van der Waals surface area contributed by atoms with E-state index in [-0.39, 0.29) is 5.41 Å². The summed E-state index contributed by atoms with van der Waals surface area (Å²) in [7, 11) is 0. The Labute approximate surface area is 114 Å². The molecule has 1 fully saturated rings. The molecule has 19 heavy (non-hydrogen) atoms. The van der Waals surface area contributed by atoms with Crippen LogP contribution in [0.3, 0.4) is 0 Å². The highest BCUT2D eigenvalue weighted by molar-refractivity contribution is 5.78. The van der Waals surface area contributed by atoms with Crippen molar-refractivity contribution in [2.45, 2.75) is 45.1 Å². The van der Waals surface area contributed by atoms with E-state index in [4.69, 9.17) is 0 Å². The summed E-state index contributed by atoms with van der Waals surface area (Å²) in [5.74, 6) is 0. The summed E-state index contributed by atoms with van der Waals surface area (Å²) in [6.07, 6.45) is 3.52. The number of para-hydroxylation sites is 1. The summed E-state index contributed by atoms with van der Waals surface area (Å²) in [5, 5.41) is 11.9. The summed E-state index contributed by atoms with van der Waals surface area (Å²) >= 11 is 0. The van der Waals surface area contributed by atoms with Crippen LogP contribution in [-0.4, -0.2) is 15.7 Å². The van der Waals surface area contributed by atoms with Gasteiger partial charge in [-0.1, -0.05) is 38.1 Å². The summed E-state index contributed by atoms with van der Waals surface area (Å²) in [6.45, 7) is 4.47. The van der Waals surface area contributed by atoms with E-state index >= 15 is 0 Å². The molecule has 2 nitrogen and oxygen atoms in total. The fraction of sp³-hybridized carbons (Fsp3) is 0.471. The molecule has 1 aromatic heterocycles. The van der Waals surface area contributed by atoms with E-state index in [0.29, 0.717) is 6.42 Å². The third kappa shape index (κ3) is 2.64. The van der Waals surface area contributed by atoms with Crippen LogP contribution in [0.5, 0.6) is 0 Å². The van der Waals surface area contributed by atoms with Crippen molar-refractivity contribution < 1.29 is 5.11 Å². The lowest BCUT2D eigenvalue weighted by atomic mass is 9.87. The number of nitrogens with zero attached hydrogens (tertiary/aromatic N) is 1. The van der Waals surface area contributed by atoms with Crippen LogP contribution < -0.4 is 0 Å². The van der Waals surface area contributed by atoms with Crippen molar-refractivity contribution in [3.8, 4) is 0 Å². The molecule has 100 valence electrons. The molecule has 3 rings (SSSR count). The van der Waals surface area contributed by atoms with E-state index in [9.17, 15) is 5.11 Å². The van der Waals surface area contributed by atoms with Crippen LogP contribution in [0.1, 0.15) is 38.8 Å². The molecule has 0 aliphatic heterocycles. The molecule has 2 aromatic rings. The monoisotopic (exact) mass is 255 g/mol. The van der Waals surface area contributed by atoms with Crippen LogP contribution in [-0.2, 0) is 6.42 Å². The summed E-state index contributed by atoms with van der Waals surface area (Å²) in [4.78, 5) is 4.67. The highest BCUT2D eigenvalue weighted by Crippen LogP contribution is 2.44. The second kappa shape index (κ2) is 4.31. The highest BCUT2D eigenvalue weighted by atomic mass is 16.3. The Hall–Kier alpha value is -1.41. The predicted octanol–water partition coefficient (Wildman–Crippen LogP) is 3.72. The van der Waals surface area contributed by atoms with Crippen LogP contribution in [0.15, 0.2) is 36.4 Å². The van der Waals surface area contributed by atoms with Crippen molar-refractivity contribution in [2.24, 2.45) is 5.41 Å². The molecular formula is C17H21NO. The van der Waals surface area contributed by atoms with Crippen molar-refractivity contribution in [1.29, 1.82) is 0 Å². The van der Waals surface area contributed by atoms with Crippen LogP contribution in [0, 0.1) is 5.41 Å². The Morgan fingerprint density at radius 3 is 2.63 bits per heavy atom. The molecule has 1 saturated carbocycles. The molecule has 1 aliphatic carbocycles. The van der Waals surface area contributed by atoms with Gasteiger partial charge in [-0.05, 0) is 36.8 Å². The van der Waals surface area contributed by atoms with Gasteiger partial charge in [-0.3, -0.25) is 4.98 Å². The van der Waals surface area contributed by atoms with Crippen molar-refractivity contribution in [3.05, 3.63) is 42.1 Å². The molecular weight excluding hydrogens is 234 g/mol. The lowest BCUT2D eigenvalue weighted by molar-refractivity contribution is 0.0370. The minimum Gasteiger partial charge on any atom is -0.389 e. The Morgan fingerprint density at radius 1 is 1.11 bits per heavy atom. The van der Waals surface area contributed by atoms with E-state index in [2.05, 4.69) is 31.0 Å². The van der Waals surface area contributed by atoms with Gasteiger partial charge in [0, 0.05) is 17.5 Å². The molecule has 1 atom stereocenters. The van der Waals surface area contributed by atoms with Crippen LogP contribution in [0.2, 0.25) is 0 Å². The van der Waals surface area contributed by atoms with Crippen molar-refractivity contribution in [3.63, 3.8) is 0 Å². The maximum atomic E-state index is 10.7. The van der Waals surface area contributed by atoms with Gasteiger partial charge in [0.1, 0.15) is 0 Å². The summed E-state index contributed by atoms with van der Waals surface area (Å²) in [6, 6.07) is 12.3. The van der Waals surface area contributed by atoms with Crippen LogP contribution in [0.25, 0.3) is 10.9 Å². The zero-order valence-corrected chi connectivity index (χ0v) is 11.7. The number of aliphatic hydroxyl groups is 1. The molecule has 1 unspecified atom stereocenters. The highest BCUT2D eigenvalue weighted by Gasteiger charge is 2.41. The maximum absolute atomic E-state index is 10.7. The molecule has 2 heteroatoms. The minimum absolute atomic E-state index is 0.256. The van der Waals surface area contributed by atoms with Crippen LogP contribution in [0.4, 0.5) is 0 Å². The number of hydrogen-bond donors (Lipinski definition) is 1. The molecule has 0 saturated heterocycles. The van der Waals surface area contributed by atoms with Gasteiger partial charge >= 0.3 is 0 Å². The van der Waals surface area contributed by atoms with Gasteiger partial charge < -0.3 is 5.11 Å². The fourth-order valence-corrected chi connectivity index (χ4v) is 3.33. The van der Waals surface area contributed by atoms with Gasteiger partial charge in [0.25, 0.3) is 0 Å². The smallest absolute Gasteiger partial charge is 0.0708 e. The SMILES string of the molecule is CC1(C)CCC(O)(Cc2ccc3ccccc3n2)C1. The summed E-state index contributed by atoms with van der Waals surface area (Å²) in [5.41, 5.74) is 1.70. The molecule has 0 amide bonds. The molecule has 1 heterocycles. The molecule has 1 aliphatic rings. The maximum Gasteiger partial charge on any atom is 0.0708 e. The first-order valence-corrected chi connectivity index (χ1v) is 7.03. The van der Waals surface area contributed by atoms with Crippen molar-refractivity contribution in [2.75, 3.05) is 0 Å². The average molecular weight is 255 g/mol. The van der Waals surface area contributed by atoms with Crippen molar-refractivity contribution >= 4 is 10.9 Å². The second-order valence-electron chi connectivity index (χ2n) is 6.74. The Kier molecular flexibility index (Phi) is 2.86. The number of pyridine rings is 1. The van der Waals surface area contributed by atoms with Gasteiger partial charge in [-0.25, -0.2) is 0 Å². The van der Waals surface area contributed by atoms with Gasteiger partial charge in [-0.15, -0.1) is 0 Å².